The van der Waals surface area contributed by atoms with Crippen LogP contribution in [0.2, 0.25) is 0 Å². The van der Waals surface area contributed by atoms with Gasteiger partial charge in [0.2, 0.25) is 5.91 Å². The number of carbonyl (C=O) groups is 1. The SMILES string of the molecule is CCCCCCCCCCCCCC/C=C/C(O)C(COC1OC(CO)C(OC2OC(CO)C(OC3OC(CO)C(O)C(O)C3O)C(O)C2O)C(O)C1O)NC(=O)CCCC. The van der Waals surface area contributed by atoms with Crippen LogP contribution in [0, 0.1) is 0 Å². The minimum Gasteiger partial charge on any atom is -0.394 e. The van der Waals surface area contributed by atoms with Crippen molar-refractivity contribution in [2.24, 2.45) is 0 Å². The van der Waals surface area contributed by atoms with Gasteiger partial charge in [0.25, 0.3) is 0 Å². The Labute approximate surface area is 359 Å². The molecule has 17 unspecified atom stereocenters. The first-order chi connectivity index (χ1) is 29.3. The topological polar surface area (TPSA) is 307 Å². The molecule has 3 aliphatic heterocycles. The minimum atomic E-state index is -1.97. The first-order valence-electron chi connectivity index (χ1n) is 22.4. The van der Waals surface area contributed by atoms with Crippen molar-refractivity contribution in [1.29, 1.82) is 0 Å². The molecule has 3 heterocycles. The second-order valence-corrected chi connectivity index (χ2v) is 16.5. The highest BCUT2D eigenvalue weighted by Crippen LogP contribution is 2.33. The molecule has 0 aromatic rings. The summed E-state index contributed by atoms with van der Waals surface area (Å²) in [7, 11) is 0. The average Bonchev–Trinajstić information content (AvgIpc) is 3.25. The standard InChI is InChI=1S/C42H77NO18/c1-3-5-7-8-9-10-11-12-13-14-15-16-17-18-19-26(47)25(43-30(48)20-6-4-2)24-56-40-36(54)33(51)38(28(22-45)58-40)61-42-37(55)34(52)39(29(23-46)59-42)60-41-35(53)32(50)31(49)27(21-44)57-41/h18-19,25-29,31-42,44-47,49-55H,3-17,20-24H2,1-2H3,(H,43,48)/b19-18+. The molecule has 19 nitrogen and oxygen atoms in total. The van der Waals surface area contributed by atoms with Crippen LogP contribution in [0.25, 0.3) is 0 Å². The van der Waals surface area contributed by atoms with Gasteiger partial charge in [0.05, 0.1) is 38.6 Å². The molecule has 3 rings (SSSR count). The van der Waals surface area contributed by atoms with E-state index >= 15 is 0 Å². The Kier molecular flexibility index (Phi) is 25.7. The first-order valence-corrected chi connectivity index (χ1v) is 22.4. The van der Waals surface area contributed by atoms with Gasteiger partial charge in [0.15, 0.2) is 18.9 Å². The van der Waals surface area contributed by atoms with Crippen molar-refractivity contribution in [3.05, 3.63) is 12.2 Å². The number of aliphatic hydroxyl groups excluding tert-OH is 11. The molecule has 3 saturated heterocycles. The van der Waals surface area contributed by atoms with E-state index in [2.05, 4.69) is 12.2 Å². The van der Waals surface area contributed by atoms with Crippen molar-refractivity contribution in [2.45, 2.75) is 221 Å². The Morgan fingerprint density at radius 3 is 1.52 bits per heavy atom. The monoisotopic (exact) mass is 884 g/mol. The zero-order valence-corrected chi connectivity index (χ0v) is 35.9. The van der Waals surface area contributed by atoms with E-state index in [0.29, 0.717) is 6.42 Å². The summed E-state index contributed by atoms with van der Waals surface area (Å²) in [5.41, 5.74) is 0. The highest BCUT2D eigenvalue weighted by molar-refractivity contribution is 5.76. The van der Waals surface area contributed by atoms with Crippen molar-refractivity contribution in [2.75, 3.05) is 26.4 Å². The van der Waals surface area contributed by atoms with Crippen molar-refractivity contribution < 1.29 is 89.4 Å². The molecule has 358 valence electrons. The largest absolute Gasteiger partial charge is 0.394 e. The Morgan fingerprint density at radius 2 is 1.02 bits per heavy atom. The van der Waals surface area contributed by atoms with Crippen LogP contribution in [0.3, 0.4) is 0 Å². The summed E-state index contributed by atoms with van der Waals surface area (Å²) >= 11 is 0. The molecule has 17 atom stereocenters. The number of rotatable bonds is 29. The third kappa shape index (κ3) is 16.8. The summed E-state index contributed by atoms with van der Waals surface area (Å²) in [6, 6.07) is -0.960. The number of hydrogen-bond donors (Lipinski definition) is 12. The quantitative estimate of drug-likeness (QED) is 0.0321. The lowest BCUT2D eigenvalue weighted by molar-refractivity contribution is -0.379. The molecule has 1 amide bonds. The number of hydrogen-bond acceptors (Lipinski definition) is 18. The summed E-state index contributed by atoms with van der Waals surface area (Å²) in [6.07, 6.45) is -6.18. The summed E-state index contributed by atoms with van der Waals surface area (Å²) in [4.78, 5) is 12.7. The maximum absolute atomic E-state index is 12.7. The van der Waals surface area contributed by atoms with Gasteiger partial charge in [0.1, 0.15) is 73.2 Å². The van der Waals surface area contributed by atoms with E-state index in [1.807, 2.05) is 13.0 Å². The molecule has 19 heteroatoms. The van der Waals surface area contributed by atoms with Crippen LogP contribution >= 0.6 is 0 Å². The Hall–Kier alpha value is -1.47. The van der Waals surface area contributed by atoms with Crippen LogP contribution in [0.1, 0.15) is 117 Å². The van der Waals surface area contributed by atoms with E-state index in [1.165, 1.54) is 57.8 Å². The second kappa shape index (κ2) is 29.1. The molecular formula is C42H77NO18. The number of allylic oxidation sites excluding steroid dienone is 1. The highest BCUT2D eigenvalue weighted by Gasteiger charge is 2.53. The van der Waals surface area contributed by atoms with Crippen molar-refractivity contribution in [3.8, 4) is 0 Å². The van der Waals surface area contributed by atoms with E-state index in [1.54, 1.807) is 6.08 Å². The Bertz CT molecular complexity index is 1200. The van der Waals surface area contributed by atoms with E-state index in [9.17, 15) is 61.0 Å². The smallest absolute Gasteiger partial charge is 0.220 e. The molecule has 61 heavy (non-hydrogen) atoms. The molecule has 0 saturated carbocycles. The summed E-state index contributed by atoms with van der Waals surface area (Å²) in [6.45, 7) is 1.40. The number of ether oxygens (including phenoxy) is 6. The molecule has 0 spiro atoms. The van der Waals surface area contributed by atoms with Crippen LogP contribution in [0.4, 0.5) is 0 Å². The van der Waals surface area contributed by atoms with Gasteiger partial charge in [-0.1, -0.05) is 103 Å². The first kappa shape index (κ1) is 53.9. The fraction of sp³-hybridized carbons (Fsp3) is 0.929. The fourth-order valence-electron chi connectivity index (χ4n) is 7.69. The second-order valence-electron chi connectivity index (χ2n) is 16.5. The molecule has 0 bridgehead atoms. The lowest BCUT2D eigenvalue weighted by atomic mass is 9.96. The number of aliphatic hydroxyl groups is 11. The molecule has 0 aromatic heterocycles. The zero-order valence-electron chi connectivity index (χ0n) is 35.9. The highest BCUT2D eigenvalue weighted by atomic mass is 16.8. The predicted octanol–water partition coefficient (Wildman–Crippen LogP) is -0.865. The van der Waals surface area contributed by atoms with Crippen molar-refractivity contribution >= 4 is 5.91 Å². The van der Waals surface area contributed by atoms with Crippen LogP contribution in [0.5, 0.6) is 0 Å². The molecule has 0 radical (unpaired) electrons. The summed E-state index contributed by atoms with van der Waals surface area (Å²) < 4.78 is 33.8. The van der Waals surface area contributed by atoms with Gasteiger partial charge < -0.3 is 89.9 Å². The van der Waals surface area contributed by atoms with Crippen LogP contribution < -0.4 is 5.32 Å². The molecule has 12 N–H and O–H groups in total. The number of nitrogens with one attached hydrogen (secondary N) is 1. The Morgan fingerprint density at radius 1 is 0.574 bits per heavy atom. The third-order valence-electron chi connectivity index (χ3n) is 11.6. The molecule has 3 aliphatic rings. The maximum atomic E-state index is 12.7. The number of unbranched alkanes of at least 4 members (excludes halogenated alkanes) is 13. The van der Waals surface area contributed by atoms with Gasteiger partial charge in [-0.2, -0.15) is 0 Å². The van der Waals surface area contributed by atoms with Crippen LogP contribution in [-0.4, -0.2) is 193 Å². The molecule has 0 aromatic carbocycles. The van der Waals surface area contributed by atoms with Crippen LogP contribution in [-0.2, 0) is 33.2 Å². The van der Waals surface area contributed by atoms with E-state index in [0.717, 1.165) is 32.1 Å². The predicted molar refractivity (Wildman–Crippen MR) is 217 cm³/mol. The van der Waals surface area contributed by atoms with Gasteiger partial charge in [-0.05, 0) is 19.3 Å². The molecular weight excluding hydrogens is 806 g/mol. The molecule has 0 aliphatic carbocycles. The van der Waals surface area contributed by atoms with Gasteiger partial charge in [-0.3, -0.25) is 4.79 Å². The van der Waals surface area contributed by atoms with Crippen molar-refractivity contribution in [3.63, 3.8) is 0 Å². The van der Waals surface area contributed by atoms with Gasteiger partial charge in [0, 0.05) is 6.42 Å². The Balaban J connectivity index is 1.54. The van der Waals surface area contributed by atoms with Gasteiger partial charge >= 0.3 is 0 Å². The van der Waals surface area contributed by atoms with E-state index in [-0.39, 0.29) is 18.9 Å². The zero-order chi connectivity index (χ0) is 44.9. The van der Waals surface area contributed by atoms with Crippen LogP contribution in [0.15, 0.2) is 12.2 Å². The lowest BCUT2D eigenvalue weighted by Crippen LogP contribution is -2.66. The van der Waals surface area contributed by atoms with Gasteiger partial charge in [-0.25, -0.2) is 0 Å². The number of amides is 1. The minimum absolute atomic E-state index is 0.219. The lowest BCUT2D eigenvalue weighted by Gasteiger charge is -2.48. The normalized spacial score (nSPS) is 35.7. The summed E-state index contributed by atoms with van der Waals surface area (Å²) in [5, 5.41) is 118. The van der Waals surface area contributed by atoms with E-state index < -0.39 is 124 Å². The van der Waals surface area contributed by atoms with Crippen molar-refractivity contribution in [1.82, 2.24) is 5.32 Å². The fourth-order valence-corrected chi connectivity index (χ4v) is 7.69. The third-order valence-corrected chi connectivity index (χ3v) is 11.6. The summed E-state index contributed by atoms with van der Waals surface area (Å²) in [5.74, 6) is -0.314. The van der Waals surface area contributed by atoms with E-state index in [4.69, 9.17) is 28.4 Å². The molecule has 3 fully saturated rings. The van der Waals surface area contributed by atoms with Gasteiger partial charge in [-0.15, -0.1) is 0 Å². The number of carbonyl (C=O) groups excluding carboxylic acids is 1. The maximum Gasteiger partial charge on any atom is 0.220 e. The average molecular weight is 884 g/mol.